The van der Waals surface area contributed by atoms with Crippen LogP contribution in [0.1, 0.15) is 5.56 Å². The van der Waals surface area contributed by atoms with E-state index in [4.69, 9.17) is 4.42 Å². The lowest BCUT2D eigenvalue weighted by molar-refractivity contribution is 0.469. The third kappa shape index (κ3) is 3.73. The van der Waals surface area contributed by atoms with Crippen LogP contribution in [0.2, 0.25) is 0 Å². The van der Waals surface area contributed by atoms with E-state index in [0.29, 0.717) is 23.3 Å². The summed E-state index contributed by atoms with van der Waals surface area (Å²) in [5.41, 5.74) is 2.85. The predicted molar refractivity (Wildman–Crippen MR) is 111 cm³/mol. The van der Waals surface area contributed by atoms with E-state index in [2.05, 4.69) is 21.2 Å². The van der Waals surface area contributed by atoms with E-state index >= 15 is 0 Å². The number of fused-ring (bicyclic) bond motifs is 1. The first-order valence-corrected chi connectivity index (χ1v) is 9.24. The minimum atomic E-state index is -0.0935. The molecular formula is C22H16BrNO3. The summed E-state index contributed by atoms with van der Waals surface area (Å²) in [5.74, 6) is 0.770. The topological polar surface area (TPSA) is 62.5 Å². The first-order chi connectivity index (χ1) is 13.1. The average Bonchev–Trinajstić information content (AvgIpc) is 2.69. The molecule has 0 aliphatic rings. The molecule has 4 aromatic rings. The summed E-state index contributed by atoms with van der Waals surface area (Å²) >= 11 is 3.40. The molecule has 4 nitrogen and oxygen atoms in total. The van der Waals surface area contributed by atoms with Gasteiger partial charge >= 0.3 is 0 Å². The average molecular weight is 422 g/mol. The maximum Gasteiger partial charge on any atom is 0.193 e. The summed E-state index contributed by atoms with van der Waals surface area (Å²) in [5, 5.41) is 13.7. The molecule has 0 aliphatic carbocycles. The highest BCUT2D eigenvalue weighted by molar-refractivity contribution is 9.10. The number of hydrogen-bond donors (Lipinski definition) is 2. The van der Waals surface area contributed by atoms with Gasteiger partial charge in [-0.2, -0.15) is 0 Å². The number of benzene rings is 3. The minimum Gasteiger partial charge on any atom is -0.508 e. The van der Waals surface area contributed by atoms with Crippen molar-refractivity contribution >= 4 is 32.6 Å². The van der Waals surface area contributed by atoms with Crippen LogP contribution in [0, 0.1) is 0 Å². The second-order valence-electron chi connectivity index (χ2n) is 6.18. The molecule has 0 saturated heterocycles. The third-order valence-electron chi connectivity index (χ3n) is 4.31. The Morgan fingerprint density at radius 3 is 2.59 bits per heavy atom. The molecule has 5 heteroatoms. The molecule has 4 rings (SSSR count). The second kappa shape index (κ2) is 7.29. The summed E-state index contributed by atoms with van der Waals surface area (Å²) in [6, 6.07) is 21.7. The van der Waals surface area contributed by atoms with E-state index in [1.807, 2.05) is 42.5 Å². The Hall–Kier alpha value is -3.05. The normalized spacial score (nSPS) is 10.9. The molecule has 2 N–H and O–H groups in total. The van der Waals surface area contributed by atoms with Crippen molar-refractivity contribution in [2.45, 2.75) is 6.54 Å². The van der Waals surface area contributed by atoms with Crippen molar-refractivity contribution < 1.29 is 9.52 Å². The highest BCUT2D eigenvalue weighted by Crippen LogP contribution is 2.25. The first kappa shape index (κ1) is 17.4. The maximum atomic E-state index is 12.6. The number of hydrogen-bond acceptors (Lipinski definition) is 4. The summed E-state index contributed by atoms with van der Waals surface area (Å²) < 4.78 is 6.80. The Bertz CT molecular complexity index is 1170. The number of phenolic OH excluding ortho intramolecular Hbond substituents is 1. The van der Waals surface area contributed by atoms with Gasteiger partial charge in [-0.15, -0.1) is 0 Å². The number of rotatable bonds is 4. The zero-order chi connectivity index (χ0) is 18.8. The van der Waals surface area contributed by atoms with Gasteiger partial charge in [0.15, 0.2) is 5.43 Å². The largest absolute Gasteiger partial charge is 0.508 e. The van der Waals surface area contributed by atoms with Crippen molar-refractivity contribution in [1.82, 2.24) is 0 Å². The molecule has 1 heterocycles. The molecule has 0 spiro atoms. The summed E-state index contributed by atoms with van der Waals surface area (Å²) in [6.45, 7) is 0.435. The van der Waals surface area contributed by atoms with Crippen molar-refractivity contribution in [2.24, 2.45) is 0 Å². The zero-order valence-corrected chi connectivity index (χ0v) is 15.9. The zero-order valence-electron chi connectivity index (χ0n) is 14.3. The van der Waals surface area contributed by atoms with Crippen LogP contribution in [0.5, 0.6) is 5.75 Å². The Labute approximate surface area is 164 Å². The quantitative estimate of drug-likeness (QED) is 0.453. The molecule has 0 saturated carbocycles. The van der Waals surface area contributed by atoms with Gasteiger partial charge in [0.05, 0.1) is 5.39 Å². The summed E-state index contributed by atoms with van der Waals surface area (Å²) in [7, 11) is 0. The fourth-order valence-corrected chi connectivity index (χ4v) is 3.31. The third-order valence-corrected chi connectivity index (χ3v) is 4.80. The number of aromatic hydroxyl groups is 1. The lowest BCUT2D eigenvalue weighted by Crippen LogP contribution is -2.03. The SMILES string of the molecule is O=c1cc(-c2ccccc2)oc2ccc(NCc3cc(Br)ccc3O)cc12. The van der Waals surface area contributed by atoms with Gasteiger partial charge in [0.1, 0.15) is 17.1 Å². The van der Waals surface area contributed by atoms with E-state index in [1.54, 1.807) is 24.3 Å². The molecule has 0 amide bonds. The van der Waals surface area contributed by atoms with E-state index in [1.165, 1.54) is 6.07 Å². The predicted octanol–water partition coefficient (Wildman–Crippen LogP) is 5.54. The smallest absolute Gasteiger partial charge is 0.193 e. The Morgan fingerprint density at radius 2 is 1.78 bits per heavy atom. The van der Waals surface area contributed by atoms with Gasteiger partial charge in [0.2, 0.25) is 0 Å². The minimum absolute atomic E-state index is 0.0935. The Morgan fingerprint density at radius 1 is 0.963 bits per heavy atom. The molecule has 1 aromatic heterocycles. The molecule has 0 bridgehead atoms. The van der Waals surface area contributed by atoms with Crippen LogP contribution in [0.15, 0.2) is 86.5 Å². The highest BCUT2D eigenvalue weighted by atomic mass is 79.9. The van der Waals surface area contributed by atoms with Crippen LogP contribution in [-0.2, 0) is 6.54 Å². The first-order valence-electron chi connectivity index (χ1n) is 8.45. The van der Waals surface area contributed by atoms with Crippen LogP contribution in [0.4, 0.5) is 5.69 Å². The van der Waals surface area contributed by atoms with Crippen molar-refractivity contribution in [2.75, 3.05) is 5.32 Å². The van der Waals surface area contributed by atoms with Crippen molar-refractivity contribution in [1.29, 1.82) is 0 Å². The molecule has 0 radical (unpaired) electrons. The number of phenols is 1. The van der Waals surface area contributed by atoms with E-state index < -0.39 is 0 Å². The molecule has 0 atom stereocenters. The van der Waals surface area contributed by atoms with Gasteiger partial charge in [0.25, 0.3) is 0 Å². The maximum absolute atomic E-state index is 12.6. The Kier molecular flexibility index (Phi) is 4.69. The van der Waals surface area contributed by atoms with Gasteiger partial charge in [0, 0.05) is 33.9 Å². The molecule has 0 fully saturated rings. The van der Waals surface area contributed by atoms with Crippen LogP contribution >= 0.6 is 15.9 Å². The summed E-state index contributed by atoms with van der Waals surface area (Å²) in [4.78, 5) is 12.6. The highest BCUT2D eigenvalue weighted by Gasteiger charge is 2.08. The lowest BCUT2D eigenvalue weighted by Gasteiger charge is -2.10. The fourth-order valence-electron chi connectivity index (χ4n) is 2.90. The molecular weight excluding hydrogens is 406 g/mol. The van der Waals surface area contributed by atoms with E-state index in [0.717, 1.165) is 21.3 Å². The van der Waals surface area contributed by atoms with Crippen molar-refractivity contribution in [3.05, 3.63) is 93.1 Å². The number of anilines is 1. The second-order valence-corrected chi connectivity index (χ2v) is 7.09. The Balaban J connectivity index is 1.64. The van der Waals surface area contributed by atoms with Gasteiger partial charge in [-0.05, 0) is 36.4 Å². The molecule has 27 heavy (non-hydrogen) atoms. The molecule has 3 aromatic carbocycles. The summed E-state index contributed by atoms with van der Waals surface area (Å²) in [6.07, 6.45) is 0. The molecule has 0 aliphatic heterocycles. The van der Waals surface area contributed by atoms with Crippen molar-refractivity contribution in [3.63, 3.8) is 0 Å². The van der Waals surface area contributed by atoms with Crippen LogP contribution in [0.25, 0.3) is 22.3 Å². The number of nitrogens with one attached hydrogen (secondary N) is 1. The van der Waals surface area contributed by atoms with Crippen molar-refractivity contribution in [3.8, 4) is 17.1 Å². The fraction of sp³-hybridized carbons (Fsp3) is 0.0455. The van der Waals surface area contributed by atoms with Crippen LogP contribution < -0.4 is 10.7 Å². The van der Waals surface area contributed by atoms with E-state index in [-0.39, 0.29) is 11.2 Å². The van der Waals surface area contributed by atoms with Crippen LogP contribution in [0.3, 0.4) is 0 Å². The lowest BCUT2D eigenvalue weighted by atomic mass is 10.1. The molecule has 0 unspecified atom stereocenters. The van der Waals surface area contributed by atoms with Gasteiger partial charge in [-0.25, -0.2) is 0 Å². The van der Waals surface area contributed by atoms with E-state index in [9.17, 15) is 9.90 Å². The number of halogens is 1. The van der Waals surface area contributed by atoms with Gasteiger partial charge < -0.3 is 14.8 Å². The molecule has 134 valence electrons. The van der Waals surface area contributed by atoms with Crippen LogP contribution in [-0.4, -0.2) is 5.11 Å². The monoisotopic (exact) mass is 421 g/mol. The van der Waals surface area contributed by atoms with Gasteiger partial charge in [-0.3, -0.25) is 4.79 Å². The van der Waals surface area contributed by atoms with Gasteiger partial charge in [-0.1, -0.05) is 46.3 Å². The standard InChI is InChI=1S/C22H16BrNO3/c23-16-6-8-19(25)15(10-16)13-24-17-7-9-21-18(11-17)20(26)12-22(27-21)14-4-2-1-3-5-14/h1-12,24-25H,13H2.